The smallest absolute Gasteiger partial charge is 0.303 e. The SMILES string of the molecule is O=C(O)CCCCCCCCCCCCCCCCCC(CCCCCCCCCCCCCCCCCC(=O)O)(CCCCCCCCCCCCCCCCCC(=O)O)CC(CO)(CO)CO. The number of hydrogen-bond donors (Lipinski definition) is 6. The van der Waals surface area contributed by atoms with Gasteiger partial charge in [0.25, 0.3) is 0 Å². The van der Waals surface area contributed by atoms with E-state index in [1.54, 1.807) is 0 Å². The van der Waals surface area contributed by atoms with Crippen molar-refractivity contribution in [3.05, 3.63) is 0 Å². The molecule has 69 heavy (non-hydrogen) atoms. The normalized spacial score (nSPS) is 12.0. The molecule has 0 spiro atoms. The van der Waals surface area contributed by atoms with Gasteiger partial charge in [0.2, 0.25) is 0 Å². The van der Waals surface area contributed by atoms with Gasteiger partial charge in [-0.2, -0.15) is 0 Å². The molecule has 410 valence electrons. The molecule has 0 aliphatic heterocycles. The molecular weight excluding hydrogens is 865 g/mol. The molecule has 0 rings (SSSR count). The minimum atomic E-state index is -0.828. The molecule has 0 heterocycles. The van der Waals surface area contributed by atoms with Crippen LogP contribution in [0, 0.1) is 10.8 Å². The van der Waals surface area contributed by atoms with E-state index in [-0.39, 0.29) is 25.2 Å². The summed E-state index contributed by atoms with van der Waals surface area (Å²) in [6.07, 6.45) is 60.3. The Kier molecular flexibility index (Phi) is 49.9. The van der Waals surface area contributed by atoms with E-state index in [1.807, 2.05) is 0 Å². The van der Waals surface area contributed by atoms with Crippen LogP contribution in [0.4, 0.5) is 0 Å². The fraction of sp³-hybridized carbons (Fsp3) is 0.950. The topological polar surface area (TPSA) is 173 Å². The fourth-order valence-corrected chi connectivity index (χ4v) is 11.0. The van der Waals surface area contributed by atoms with Crippen LogP contribution in [0.1, 0.15) is 334 Å². The first-order valence-corrected chi connectivity index (χ1v) is 30.1. The van der Waals surface area contributed by atoms with Crippen molar-refractivity contribution in [3.63, 3.8) is 0 Å². The average molecular weight is 982 g/mol. The van der Waals surface area contributed by atoms with Gasteiger partial charge in [0.05, 0.1) is 19.8 Å². The molecule has 9 heteroatoms. The molecule has 0 radical (unpaired) electrons. The monoisotopic (exact) mass is 981 g/mol. The molecule has 9 nitrogen and oxygen atoms in total. The number of aliphatic hydroxyl groups excluding tert-OH is 3. The first kappa shape index (κ1) is 67.3. The first-order valence-electron chi connectivity index (χ1n) is 30.1. The van der Waals surface area contributed by atoms with Crippen molar-refractivity contribution in [3.8, 4) is 0 Å². The maximum atomic E-state index is 10.7. The summed E-state index contributed by atoms with van der Waals surface area (Å²) in [5.41, 5.74) is -0.782. The van der Waals surface area contributed by atoms with Crippen LogP contribution in [-0.2, 0) is 14.4 Å². The number of rotatable bonds is 59. The van der Waals surface area contributed by atoms with E-state index < -0.39 is 23.3 Å². The maximum Gasteiger partial charge on any atom is 0.303 e. The van der Waals surface area contributed by atoms with E-state index in [0.29, 0.717) is 25.7 Å². The number of carboxylic acid groups (broad SMARTS) is 3. The van der Waals surface area contributed by atoms with Crippen LogP contribution in [-0.4, -0.2) is 68.4 Å². The van der Waals surface area contributed by atoms with Gasteiger partial charge in [-0.05, 0) is 50.4 Å². The molecule has 0 saturated heterocycles. The average Bonchev–Trinajstić information content (AvgIpc) is 3.33. The minimum Gasteiger partial charge on any atom is -0.481 e. The molecule has 6 N–H and O–H groups in total. The van der Waals surface area contributed by atoms with Gasteiger partial charge < -0.3 is 30.6 Å². The number of unbranched alkanes of at least 4 members (excludes halogenated alkanes) is 42. The zero-order valence-corrected chi connectivity index (χ0v) is 45.3. The summed E-state index contributed by atoms with van der Waals surface area (Å²) in [7, 11) is 0. The summed E-state index contributed by atoms with van der Waals surface area (Å²) in [6.45, 7) is -0.501. The summed E-state index contributed by atoms with van der Waals surface area (Å²) >= 11 is 0. The van der Waals surface area contributed by atoms with Crippen LogP contribution in [0.3, 0.4) is 0 Å². The van der Waals surface area contributed by atoms with E-state index in [2.05, 4.69) is 0 Å². The molecule has 0 unspecified atom stereocenters. The molecule has 0 bridgehead atoms. The number of carbonyl (C=O) groups is 3. The summed E-state index contributed by atoms with van der Waals surface area (Å²) in [5, 5.41) is 58.0. The zero-order valence-electron chi connectivity index (χ0n) is 45.3. The predicted octanol–water partition coefficient (Wildman–Crippen LogP) is 17.5. The van der Waals surface area contributed by atoms with Crippen LogP contribution in [0.25, 0.3) is 0 Å². The number of hydrogen-bond acceptors (Lipinski definition) is 6. The highest BCUT2D eigenvalue weighted by molar-refractivity contribution is 5.67. The zero-order chi connectivity index (χ0) is 50.6. The Bertz CT molecular complexity index is 983. The van der Waals surface area contributed by atoms with Crippen LogP contribution in [0.2, 0.25) is 0 Å². The lowest BCUT2D eigenvalue weighted by Crippen LogP contribution is -2.40. The van der Waals surface area contributed by atoms with Gasteiger partial charge in [-0.3, -0.25) is 14.4 Å². The highest BCUT2D eigenvalue weighted by Crippen LogP contribution is 2.46. The van der Waals surface area contributed by atoms with Crippen molar-refractivity contribution in [1.29, 1.82) is 0 Å². The Hall–Kier alpha value is -1.71. The van der Waals surface area contributed by atoms with E-state index in [9.17, 15) is 29.7 Å². The Labute approximate surface area is 426 Å². The van der Waals surface area contributed by atoms with Crippen molar-refractivity contribution in [2.24, 2.45) is 10.8 Å². The number of carboxylic acids is 3. The highest BCUT2D eigenvalue weighted by Gasteiger charge is 2.39. The Morgan fingerprint density at radius 2 is 0.362 bits per heavy atom. The molecule has 0 aliphatic rings. The maximum absolute atomic E-state index is 10.7. The van der Waals surface area contributed by atoms with Crippen LogP contribution < -0.4 is 0 Å². The predicted molar refractivity (Wildman–Crippen MR) is 289 cm³/mol. The number of aliphatic hydroxyl groups is 3. The minimum absolute atomic E-state index is 0.0452. The second-order valence-electron chi connectivity index (χ2n) is 22.2. The summed E-state index contributed by atoms with van der Waals surface area (Å²) < 4.78 is 0. The van der Waals surface area contributed by atoms with Crippen molar-refractivity contribution in [1.82, 2.24) is 0 Å². The van der Waals surface area contributed by atoms with Gasteiger partial charge in [0.1, 0.15) is 0 Å². The quantitative estimate of drug-likeness (QED) is 0.0324. The lowest BCUT2D eigenvalue weighted by molar-refractivity contribution is -0.138. The second kappa shape index (κ2) is 51.2. The third kappa shape index (κ3) is 47.1. The van der Waals surface area contributed by atoms with Crippen LogP contribution in [0.5, 0.6) is 0 Å². The van der Waals surface area contributed by atoms with Gasteiger partial charge in [-0.15, -0.1) is 0 Å². The van der Waals surface area contributed by atoms with Crippen molar-refractivity contribution in [2.75, 3.05) is 19.8 Å². The number of aliphatic carboxylic acids is 3. The third-order valence-corrected chi connectivity index (χ3v) is 15.5. The molecule has 0 atom stereocenters. The van der Waals surface area contributed by atoms with Gasteiger partial charge in [0, 0.05) is 24.7 Å². The second-order valence-corrected chi connectivity index (χ2v) is 22.2. The lowest BCUT2D eigenvalue weighted by atomic mass is 9.64. The fourth-order valence-electron chi connectivity index (χ4n) is 11.0. The molecular formula is C60H116O9. The molecule has 0 aromatic heterocycles. The standard InChI is InChI=1S/C60H116O9/c61-53-60(54-62,55-63)52-59(49-43-37-31-25-19-13-7-1-4-10-16-22-28-34-40-46-56(64)65,50-44-38-32-26-20-14-8-2-5-11-17-23-29-35-41-47-57(66)67)51-45-39-33-27-21-15-9-3-6-12-18-24-30-36-42-48-58(68)69/h61-63H,1-55H2,(H,64,65)(H,66,67)(H,68,69). The highest BCUT2D eigenvalue weighted by atomic mass is 16.4. The molecule has 0 saturated carbocycles. The largest absolute Gasteiger partial charge is 0.481 e. The van der Waals surface area contributed by atoms with E-state index in [1.165, 1.54) is 231 Å². The molecule has 0 aromatic carbocycles. The molecule has 0 amide bonds. The summed E-state index contributed by atoms with van der Waals surface area (Å²) in [6, 6.07) is 0. The summed E-state index contributed by atoms with van der Waals surface area (Å²) in [5.74, 6) is -2.03. The van der Waals surface area contributed by atoms with Crippen molar-refractivity contribution < 1.29 is 45.0 Å². The first-order chi connectivity index (χ1) is 33.6. The summed E-state index contributed by atoms with van der Waals surface area (Å²) in [4.78, 5) is 32.0. The Balaban J connectivity index is 4.81. The van der Waals surface area contributed by atoms with E-state index >= 15 is 0 Å². The van der Waals surface area contributed by atoms with Crippen molar-refractivity contribution >= 4 is 17.9 Å². The van der Waals surface area contributed by atoms with E-state index in [4.69, 9.17) is 15.3 Å². The van der Waals surface area contributed by atoms with Crippen molar-refractivity contribution in [2.45, 2.75) is 334 Å². The molecule has 0 aliphatic carbocycles. The van der Waals surface area contributed by atoms with Crippen LogP contribution in [0.15, 0.2) is 0 Å². The Morgan fingerprint density at radius 3 is 0.507 bits per heavy atom. The van der Waals surface area contributed by atoms with Gasteiger partial charge in [0.15, 0.2) is 0 Å². The third-order valence-electron chi connectivity index (χ3n) is 15.5. The lowest BCUT2D eigenvalue weighted by Gasteiger charge is -2.42. The molecule has 0 aromatic rings. The van der Waals surface area contributed by atoms with Crippen LogP contribution >= 0.6 is 0 Å². The molecule has 0 fully saturated rings. The van der Waals surface area contributed by atoms with Gasteiger partial charge in [-0.25, -0.2) is 0 Å². The Morgan fingerprint density at radius 1 is 0.217 bits per heavy atom. The van der Waals surface area contributed by atoms with Gasteiger partial charge >= 0.3 is 17.9 Å². The van der Waals surface area contributed by atoms with Gasteiger partial charge in [-0.1, -0.05) is 270 Å². The van der Waals surface area contributed by atoms with E-state index in [0.717, 1.165) is 77.0 Å².